The first-order valence-corrected chi connectivity index (χ1v) is 5.87. The van der Waals surface area contributed by atoms with Crippen LogP contribution in [0.4, 0.5) is 0 Å². The lowest BCUT2D eigenvalue weighted by atomic mass is 10.1. The summed E-state index contributed by atoms with van der Waals surface area (Å²) in [5, 5.41) is 0. The molecule has 5 nitrogen and oxygen atoms in total. The summed E-state index contributed by atoms with van der Waals surface area (Å²) in [7, 11) is 3.55. The van der Waals surface area contributed by atoms with Crippen molar-refractivity contribution >= 4 is 5.97 Å². The van der Waals surface area contributed by atoms with Gasteiger partial charge in [-0.1, -0.05) is 0 Å². The van der Waals surface area contributed by atoms with Crippen LogP contribution >= 0.6 is 0 Å². The summed E-state index contributed by atoms with van der Waals surface area (Å²) < 4.78 is 4.62. The Hall–Kier alpha value is -0.650. The predicted octanol–water partition coefficient (Wildman–Crippen LogP) is -0.486. The highest BCUT2D eigenvalue weighted by atomic mass is 16.5. The van der Waals surface area contributed by atoms with Crippen molar-refractivity contribution in [2.24, 2.45) is 5.73 Å². The third-order valence-corrected chi connectivity index (χ3v) is 3.13. The van der Waals surface area contributed by atoms with E-state index in [9.17, 15) is 4.79 Å². The molecule has 0 bridgehead atoms. The van der Waals surface area contributed by atoms with Gasteiger partial charge in [-0.3, -0.25) is 9.69 Å². The molecule has 0 spiro atoms. The van der Waals surface area contributed by atoms with E-state index in [0.29, 0.717) is 19.0 Å². The quantitative estimate of drug-likeness (QED) is 0.645. The average Bonchev–Trinajstić information content (AvgIpc) is 2.30. The Bertz CT molecular complexity index is 223. The second-order valence-corrected chi connectivity index (χ2v) is 4.37. The predicted molar refractivity (Wildman–Crippen MR) is 63.2 cm³/mol. The van der Waals surface area contributed by atoms with Crippen molar-refractivity contribution in [3.05, 3.63) is 0 Å². The van der Waals surface area contributed by atoms with Gasteiger partial charge in [-0.05, 0) is 20.0 Å². The number of piperazine rings is 1. The van der Waals surface area contributed by atoms with E-state index in [2.05, 4.69) is 21.6 Å². The summed E-state index contributed by atoms with van der Waals surface area (Å²) in [4.78, 5) is 15.7. The van der Waals surface area contributed by atoms with Crippen LogP contribution in [-0.2, 0) is 9.53 Å². The summed E-state index contributed by atoms with van der Waals surface area (Å²) in [6, 6.07) is 0.427. The molecule has 0 aliphatic carbocycles. The van der Waals surface area contributed by atoms with Gasteiger partial charge in [-0.2, -0.15) is 0 Å². The zero-order chi connectivity index (χ0) is 12.0. The number of nitrogens with zero attached hydrogens (tertiary/aromatic N) is 2. The number of hydrogen-bond acceptors (Lipinski definition) is 5. The highest BCUT2D eigenvalue weighted by Crippen LogP contribution is 2.08. The summed E-state index contributed by atoms with van der Waals surface area (Å²) in [5.74, 6) is -0.126. The van der Waals surface area contributed by atoms with E-state index in [-0.39, 0.29) is 5.97 Å². The summed E-state index contributed by atoms with van der Waals surface area (Å²) in [5.41, 5.74) is 5.75. The molecule has 0 saturated carbocycles. The SMILES string of the molecule is COC(=O)CCCN1CCN(C)CC1CN. The number of rotatable bonds is 5. The number of likely N-dealkylation sites (N-methyl/N-ethyl adjacent to an activating group) is 1. The first-order chi connectivity index (χ1) is 7.67. The number of methoxy groups -OCH3 is 1. The maximum atomic E-state index is 11.0. The molecule has 0 aromatic rings. The second-order valence-electron chi connectivity index (χ2n) is 4.37. The Morgan fingerprint density at radius 2 is 2.25 bits per heavy atom. The van der Waals surface area contributed by atoms with E-state index in [0.717, 1.165) is 32.6 Å². The normalized spacial score (nSPS) is 23.3. The first-order valence-electron chi connectivity index (χ1n) is 5.87. The van der Waals surface area contributed by atoms with Crippen LogP contribution in [0.3, 0.4) is 0 Å². The molecule has 2 N–H and O–H groups in total. The molecular formula is C11H23N3O2. The average molecular weight is 229 g/mol. The number of ether oxygens (including phenoxy) is 1. The highest BCUT2D eigenvalue weighted by molar-refractivity contribution is 5.69. The van der Waals surface area contributed by atoms with Gasteiger partial charge in [0, 0.05) is 38.6 Å². The zero-order valence-electron chi connectivity index (χ0n) is 10.3. The molecule has 5 heteroatoms. The van der Waals surface area contributed by atoms with Crippen LogP contribution in [0.15, 0.2) is 0 Å². The van der Waals surface area contributed by atoms with Crippen LogP contribution in [0.5, 0.6) is 0 Å². The lowest BCUT2D eigenvalue weighted by Crippen LogP contribution is -2.54. The molecule has 0 amide bonds. The molecule has 1 fully saturated rings. The van der Waals surface area contributed by atoms with Crippen molar-refractivity contribution in [1.82, 2.24) is 9.80 Å². The van der Waals surface area contributed by atoms with Gasteiger partial charge in [0.05, 0.1) is 7.11 Å². The molecule has 0 aromatic carbocycles. The van der Waals surface area contributed by atoms with Crippen molar-refractivity contribution in [3.63, 3.8) is 0 Å². The van der Waals surface area contributed by atoms with Gasteiger partial charge in [0.2, 0.25) is 0 Å². The maximum absolute atomic E-state index is 11.0. The molecule has 1 rings (SSSR count). The fraction of sp³-hybridized carbons (Fsp3) is 0.909. The Morgan fingerprint density at radius 1 is 1.50 bits per heavy atom. The third kappa shape index (κ3) is 4.08. The molecule has 1 atom stereocenters. The van der Waals surface area contributed by atoms with Crippen molar-refractivity contribution in [2.45, 2.75) is 18.9 Å². The third-order valence-electron chi connectivity index (χ3n) is 3.13. The monoisotopic (exact) mass is 229 g/mol. The summed E-state index contributed by atoms with van der Waals surface area (Å²) >= 11 is 0. The van der Waals surface area contributed by atoms with Gasteiger partial charge in [0.25, 0.3) is 0 Å². The van der Waals surface area contributed by atoms with Gasteiger partial charge in [0.1, 0.15) is 0 Å². The van der Waals surface area contributed by atoms with Gasteiger partial charge in [-0.15, -0.1) is 0 Å². The van der Waals surface area contributed by atoms with E-state index in [1.807, 2.05) is 0 Å². The highest BCUT2D eigenvalue weighted by Gasteiger charge is 2.23. The molecule has 16 heavy (non-hydrogen) atoms. The lowest BCUT2D eigenvalue weighted by Gasteiger charge is -2.39. The topological polar surface area (TPSA) is 58.8 Å². The minimum absolute atomic E-state index is 0.126. The van der Waals surface area contributed by atoms with Crippen LogP contribution in [0, 0.1) is 0 Å². The van der Waals surface area contributed by atoms with Crippen LogP contribution < -0.4 is 5.73 Å². The number of nitrogens with two attached hydrogens (primary N) is 1. The number of carbonyl (C=O) groups excluding carboxylic acids is 1. The fourth-order valence-corrected chi connectivity index (χ4v) is 2.09. The smallest absolute Gasteiger partial charge is 0.305 e. The van der Waals surface area contributed by atoms with E-state index < -0.39 is 0 Å². The van der Waals surface area contributed by atoms with E-state index in [1.165, 1.54) is 7.11 Å². The Balaban J connectivity index is 2.26. The maximum Gasteiger partial charge on any atom is 0.305 e. The van der Waals surface area contributed by atoms with Gasteiger partial charge >= 0.3 is 5.97 Å². The number of esters is 1. The molecule has 0 aromatic heterocycles. The minimum Gasteiger partial charge on any atom is -0.469 e. The molecule has 1 aliphatic heterocycles. The van der Waals surface area contributed by atoms with Crippen LogP contribution in [0.25, 0.3) is 0 Å². The van der Waals surface area contributed by atoms with Crippen LogP contribution in [0.2, 0.25) is 0 Å². The Kier molecular flexibility index (Phi) is 5.73. The van der Waals surface area contributed by atoms with E-state index in [4.69, 9.17) is 5.73 Å². The molecule has 94 valence electrons. The Morgan fingerprint density at radius 3 is 2.88 bits per heavy atom. The number of hydrogen-bond donors (Lipinski definition) is 1. The van der Waals surface area contributed by atoms with Crippen LogP contribution in [-0.4, -0.2) is 68.7 Å². The Labute approximate surface area is 97.5 Å². The van der Waals surface area contributed by atoms with Gasteiger partial charge in [0.15, 0.2) is 0 Å². The lowest BCUT2D eigenvalue weighted by molar-refractivity contribution is -0.140. The minimum atomic E-state index is -0.126. The van der Waals surface area contributed by atoms with Crippen molar-refractivity contribution in [1.29, 1.82) is 0 Å². The molecule has 1 saturated heterocycles. The number of carbonyl (C=O) groups is 1. The molecule has 1 aliphatic rings. The summed E-state index contributed by atoms with van der Waals surface area (Å²) in [6.45, 7) is 4.76. The van der Waals surface area contributed by atoms with E-state index >= 15 is 0 Å². The second kappa shape index (κ2) is 6.83. The van der Waals surface area contributed by atoms with Crippen molar-refractivity contribution in [2.75, 3.05) is 46.9 Å². The van der Waals surface area contributed by atoms with Crippen LogP contribution in [0.1, 0.15) is 12.8 Å². The van der Waals surface area contributed by atoms with E-state index in [1.54, 1.807) is 0 Å². The molecule has 1 heterocycles. The van der Waals surface area contributed by atoms with Crippen molar-refractivity contribution < 1.29 is 9.53 Å². The molecular weight excluding hydrogens is 206 g/mol. The largest absolute Gasteiger partial charge is 0.469 e. The zero-order valence-corrected chi connectivity index (χ0v) is 10.3. The molecule has 1 unspecified atom stereocenters. The van der Waals surface area contributed by atoms with Gasteiger partial charge < -0.3 is 15.4 Å². The summed E-state index contributed by atoms with van der Waals surface area (Å²) in [6.07, 6.45) is 1.35. The molecule has 0 radical (unpaired) electrons. The van der Waals surface area contributed by atoms with Gasteiger partial charge in [-0.25, -0.2) is 0 Å². The van der Waals surface area contributed by atoms with Crippen molar-refractivity contribution in [3.8, 4) is 0 Å². The fourth-order valence-electron chi connectivity index (χ4n) is 2.09. The first kappa shape index (κ1) is 13.4. The standard InChI is InChI=1S/C11H23N3O2/c1-13-6-7-14(10(8-12)9-13)5-3-4-11(15)16-2/h10H,3-9,12H2,1-2H3.